The van der Waals surface area contributed by atoms with Crippen LogP contribution >= 0.6 is 15.9 Å². The first-order valence-electron chi connectivity index (χ1n) is 3.58. The van der Waals surface area contributed by atoms with Gasteiger partial charge in [-0.3, -0.25) is 4.98 Å². The maximum Gasteiger partial charge on any atom is 0.339 e. The van der Waals surface area contributed by atoms with Crippen LogP contribution in [0.5, 0.6) is 0 Å². The molecule has 6 heteroatoms. The zero-order valence-corrected chi connectivity index (χ0v) is 8.72. The molecule has 0 aliphatic carbocycles. The van der Waals surface area contributed by atoms with Gasteiger partial charge in [-0.1, -0.05) is 0 Å². The van der Waals surface area contributed by atoms with E-state index in [1.165, 1.54) is 13.2 Å². The van der Waals surface area contributed by atoms with Crippen LogP contribution in [-0.4, -0.2) is 18.1 Å². The standard InChI is InChI=1S/C8H6BrF2NO2/c1-14-8(13)4-2-5(9)6(7(10)11)12-3-4/h2-3,7H,1H3. The summed E-state index contributed by atoms with van der Waals surface area (Å²) in [5, 5.41) is 0. The molecule has 0 fully saturated rings. The quantitative estimate of drug-likeness (QED) is 0.772. The van der Waals surface area contributed by atoms with Crippen LogP contribution in [-0.2, 0) is 4.74 Å². The van der Waals surface area contributed by atoms with Crippen molar-refractivity contribution in [3.05, 3.63) is 28.0 Å². The Bertz CT molecular complexity index is 357. The predicted molar refractivity (Wildman–Crippen MR) is 48.2 cm³/mol. The summed E-state index contributed by atoms with van der Waals surface area (Å²) in [6.07, 6.45) is -1.62. The molecule has 1 heterocycles. The predicted octanol–water partition coefficient (Wildman–Crippen LogP) is 2.57. The Kier molecular flexibility index (Phi) is 3.51. The number of ether oxygens (including phenoxy) is 1. The number of rotatable bonds is 2. The van der Waals surface area contributed by atoms with Gasteiger partial charge in [0.1, 0.15) is 5.69 Å². The zero-order valence-electron chi connectivity index (χ0n) is 7.13. The number of esters is 1. The molecule has 0 amide bonds. The summed E-state index contributed by atoms with van der Waals surface area (Å²) in [5.74, 6) is -0.612. The summed E-state index contributed by atoms with van der Waals surface area (Å²) in [4.78, 5) is 14.4. The lowest BCUT2D eigenvalue weighted by Crippen LogP contribution is -2.03. The molecule has 76 valence electrons. The first kappa shape index (κ1) is 11.0. The van der Waals surface area contributed by atoms with Crippen molar-refractivity contribution in [2.75, 3.05) is 7.11 Å². The summed E-state index contributed by atoms with van der Waals surface area (Å²) < 4.78 is 29.0. The number of hydrogen-bond donors (Lipinski definition) is 0. The summed E-state index contributed by atoms with van der Waals surface area (Å²) >= 11 is 2.89. The number of pyridine rings is 1. The van der Waals surface area contributed by atoms with Crippen molar-refractivity contribution < 1.29 is 18.3 Å². The number of halogens is 3. The number of methoxy groups -OCH3 is 1. The molecule has 0 aromatic carbocycles. The van der Waals surface area contributed by atoms with Gasteiger partial charge in [0.2, 0.25) is 0 Å². The molecule has 0 unspecified atom stereocenters. The number of carbonyl (C=O) groups is 1. The number of carbonyl (C=O) groups excluding carboxylic acids is 1. The van der Waals surface area contributed by atoms with Gasteiger partial charge >= 0.3 is 5.97 Å². The lowest BCUT2D eigenvalue weighted by atomic mass is 10.2. The summed E-state index contributed by atoms with van der Waals surface area (Å²) in [7, 11) is 1.21. The van der Waals surface area contributed by atoms with Gasteiger partial charge in [-0.25, -0.2) is 13.6 Å². The average molecular weight is 266 g/mol. The molecule has 0 spiro atoms. The molecule has 14 heavy (non-hydrogen) atoms. The fourth-order valence-electron chi connectivity index (χ4n) is 0.839. The molecular formula is C8H6BrF2NO2. The van der Waals surface area contributed by atoms with Gasteiger partial charge in [0.15, 0.2) is 0 Å². The Morgan fingerprint density at radius 3 is 2.71 bits per heavy atom. The Balaban J connectivity index is 3.06. The normalized spacial score (nSPS) is 10.4. The van der Waals surface area contributed by atoms with Crippen molar-refractivity contribution in [2.45, 2.75) is 6.43 Å². The first-order valence-corrected chi connectivity index (χ1v) is 4.37. The van der Waals surface area contributed by atoms with Crippen LogP contribution in [0.1, 0.15) is 22.5 Å². The number of hydrogen-bond acceptors (Lipinski definition) is 3. The van der Waals surface area contributed by atoms with Gasteiger partial charge in [-0.05, 0) is 22.0 Å². The Labute approximate surface area is 87.2 Å². The molecule has 0 radical (unpaired) electrons. The van der Waals surface area contributed by atoms with Gasteiger partial charge in [-0.15, -0.1) is 0 Å². The van der Waals surface area contributed by atoms with E-state index in [0.29, 0.717) is 0 Å². The van der Waals surface area contributed by atoms with Gasteiger partial charge in [-0.2, -0.15) is 0 Å². The van der Waals surface area contributed by atoms with Crippen LogP contribution in [0, 0.1) is 0 Å². The molecule has 0 atom stereocenters. The van der Waals surface area contributed by atoms with Crippen molar-refractivity contribution >= 4 is 21.9 Å². The highest BCUT2D eigenvalue weighted by molar-refractivity contribution is 9.10. The molecular weight excluding hydrogens is 260 g/mol. The maximum absolute atomic E-state index is 12.2. The third-order valence-electron chi connectivity index (χ3n) is 1.50. The lowest BCUT2D eigenvalue weighted by Gasteiger charge is -2.03. The second-order valence-electron chi connectivity index (χ2n) is 2.38. The monoisotopic (exact) mass is 265 g/mol. The minimum absolute atomic E-state index is 0.0930. The highest BCUT2D eigenvalue weighted by Gasteiger charge is 2.15. The molecule has 3 nitrogen and oxygen atoms in total. The van der Waals surface area contributed by atoms with E-state index in [1.807, 2.05) is 0 Å². The van der Waals surface area contributed by atoms with Crippen LogP contribution in [0.3, 0.4) is 0 Å². The van der Waals surface area contributed by atoms with E-state index in [9.17, 15) is 13.6 Å². The van der Waals surface area contributed by atoms with Crippen LogP contribution in [0.4, 0.5) is 8.78 Å². The van der Waals surface area contributed by atoms with Crippen LogP contribution in [0.2, 0.25) is 0 Å². The summed E-state index contributed by atoms with van der Waals surface area (Å²) in [6.45, 7) is 0. The number of alkyl halides is 2. The molecule has 0 aliphatic rings. The van der Waals surface area contributed by atoms with E-state index < -0.39 is 18.1 Å². The lowest BCUT2D eigenvalue weighted by molar-refractivity contribution is 0.0599. The SMILES string of the molecule is COC(=O)c1cnc(C(F)F)c(Br)c1. The smallest absolute Gasteiger partial charge is 0.339 e. The largest absolute Gasteiger partial charge is 0.465 e. The third-order valence-corrected chi connectivity index (χ3v) is 2.13. The van der Waals surface area contributed by atoms with Gasteiger partial charge < -0.3 is 4.74 Å². The molecule has 0 saturated carbocycles. The molecule has 0 saturated heterocycles. The van der Waals surface area contributed by atoms with Gasteiger partial charge in [0.25, 0.3) is 6.43 Å². The van der Waals surface area contributed by atoms with E-state index in [1.54, 1.807) is 0 Å². The second-order valence-corrected chi connectivity index (χ2v) is 3.24. The molecule has 1 rings (SSSR count). The van der Waals surface area contributed by atoms with Crippen molar-refractivity contribution in [1.82, 2.24) is 4.98 Å². The fraction of sp³-hybridized carbons (Fsp3) is 0.250. The highest BCUT2D eigenvalue weighted by Crippen LogP contribution is 2.25. The molecule has 1 aromatic heterocycles. The van der Waals surface area contributed by atoms with Crippen molar-refractivity contribution in [3.63, 3.8) is 0 Å². The van der Waals surface area contributed by atoms with E-state index >= 15 is 0 Å². The third kappa shape index (κ3) is 2.25. The van der Waals surface area contributed by atoms with Crippen molar-refractivity contribution in [1.29, 1.82) is 0 Å². The van der Waals surface area contributed by atoms with E-state index in [4.69, 9.17) is 0 Å². The van der Waals surface area contributed by atoms with Crippen LogP contribution < -0.4 is 0 Å². The maximum atomic E-state index is 12.2. The first-order chi connectivity index (χ1) is 6.56. The topological polar surface area (TPSA) is 39.2 Å². The summed E-state index contributed by atoms with van der Waals surface area (Å²) in [6, 6.07) is 1.25. The van der Waals surface area contributed by atoms with Crippen LogP contribution in [0.15, 0.2) is 16.7 Å². The molecule has 0 bridgehead atoms. The van der Waals surface area contributed by atoms with Crippen molar-refractivity contribution in [2.24, 2.45) is 0 Å². The zero-order chi connectivity index (χ0) is 10.7. The minimum Gasteiger partial charge on any atom is -0.465 e. The van der Waals surface area contributed by atoms with Gasteiger partial charge in [0, 0.05) is 10.7 Å². The van der Waals surface area contributed by atoms with Gasteiger partial charge in [0.05, 0.1) is 12.7 Å². The number of nitrogens with zero attached hydrogens (tertiary/aromatic N) is 1. The van der Waals surface area contributed by atoms with Crippen molar-refractivity contribution in [3.8, 4) is 0 Å². The molecule has 1 aromatic rings. The fourth-order valence-corrected chi connectivity index (χ4v) is 1.36. The van der Waals surface area contributed by atoms with E-state index in [0.717, 1.165) is 6.20 Å². The molecule has 0 aliphatic heterocycles. The highest BCUT2D eigenvalue weighted by atomic mass is 79.9. The summed E-state index contributed by atoms with van der Waals surface area (Å²) in [5.41, 5.74) is -0.263. The Morgan fingerprint density at radius 1 is 1.64 bits per heavy atom. The van der Waals surface area contributed by atoms with E-state index in [-0.39, 0.29) is 10.0 Å². The van der Waals surface area contributed by atoms with Crippen LogP contribution in [0.25, 0.3) is 0 Å². The minimum atomic E-state index is -2.67. The second kappa shape index (κ2) is 4.45. The average Bonchev–Trinajstić information content (AvgIpc) is 2.15. The Morgan fingerprint density at radius 2 is 2.29 bits per heavy atom. The van der Waals surface area contributed by atoms with E-state index in [2.05, 4.69) is 25.7 Å². The molecule has 0 N–H and O–H groups in total. The Hall–Kier alpha value is -1.04. The number of aromatic nitrogens is 1.